The number of carbonyl (C=O) groups excluding carboxylic acids is 1. The molecule has 1 aromatic rings. The SMILES string of the molecule is CC1CC(C)N(C(=O)c2cc(Cl)cc(S(N)(=O)=O)c2F)C1. The average Bonchev–Trinajstić information content (AvgIpc) is 2.68. The predicted octanol–water partition coefficient (Wildman–Crippen LogP) is 2.00. The van der Waals surface area contributed by atoms with Gasteiger partial charge in [0.1, 0.15) is 4.90 Å². The molecular weight excluding hydrogens is 319 g/mol. The molecule has 0 aliphatic carbocycles. The number of carbonyl (C=O) groups is 1. The molecule has 1 aromatic carbocycles. The summed E-state index contributed by atoms with van der Waals surface area (Å²) in [7, 11) is -4.29. The topological polar surface area (TPSA) is 80.5 Å². The number of nitrogens with two attached hydrogens (primary N) is 1. The van der Waals surface area contributed by atoms with Crippen molar-refractivity contribution in [2.75, 3.05) is 6.54 Å². The van der Waals surface area contributed by atoms with Gasteiger partial charge in [0, 0.05) is 17.6 Å². The van der Waals surface area contributed by atoms with Crippen LogP contribution in [0.5, 0.6) is 0 Å². The number of primary sulfonamides is 1. The zero-order valence-corrected chi connectivity index (χ0v) is 13.2. The Balaban J connectivity index is 2.50. The lowest BCUT2D eigenvalue weighted by Gasteiger charge is -2.22. The highest BCUT2D eigenvalue weighted by Crippen LogP contribution is 2.28. The number of amides is 1. The first-order chi connectivity index (χ1) is 9.61. The van der Waals surface area contributed by atoms with Crippen molar-refractivity contribution in [3.8, 4) is 0 Å². The number of benzene rings is 1. The van der Waals surface area contributed by atoms with Gasteiger partial charge in [-0.25, -0.2) is 17.9 Å². The molecule has 1 saturated heterocycles. The van der Waals surface area contributed by atoms with Gasteiger partial charge in [0.25, 0.3) is 5.91 Å². The van der Waals surface area contributed by atoms with E-state index in [4.69, 9.17) is 16.7 Å². The molecule has 1 heterocycles. The van der Waals surface area contributed by atoms with Crippen molar-refractivity contribution < 1.29 is 17.6 Å². The Morgan fingerprint density at radius 3 is 2.52 bits per heavy atom. The van der Waals surface area contributed by atoms with Crippen molar-refractivity contribution in [3.63, 3.8) is 0 Å². The minimum absolute atomic E-state index is 0.0381. The molecule has 21 heavy (non-hydrogen) atoms. The highest BCUT2D eigenvalue weighted by molar-refractivity contribution is 7.89. The van der Waals surface area contributed by atoms with Crippen molar-refractivity contribution in [1.29, 1.82) is 0 Å². The minimum atomic E-state index is -4.29. The van der Waals surface area contributed by atoms with Crippen molar-refractivity contribution in [3.05, 3.63) is 28.5 Å². The lowest BCUT2D eigenvalue weighted by molar-refractivity contribution is 0.0738. The maximum Gasteiger partial charge on any atom is 0.257 e. The first-order valence-electron chi connectivity index (χ1n) is 6.44. The van der Waals surface area contributed by atoms with Crippen LogP contribution < -0.4 is 5.14 Å². The molecule has 0 aromatic heterocycles. The number of hydrogen-bond donors (Lipinski definition) is 1. The van der Waals surface area contributed by atoms with E-state index in [1.807, 2.05) is 13.8 Å². The van der Waals surface area contributed by atoms with Crippen LogP contribution in [0, 0.1) is 11.7 Å². The summed E-state index contributed by atoms with van der Waals surface area (Å²) in [4.78, 5) is 13.2. The quantitative estimate of drug-likeness (QED) is 0.898. The van der Waals surface area contributed by atoms with Crippen LogP contribution in [0.25, 0.3) is 0 Å². The monoisotopic (exact) mass is 334 g/mol. The van der Waals surface area contributed by atoms with Gasteiger partial charge < -0.3 is 4.90 Å². The zero-order valence-electron chi connectivity index (χ0n) is 11.6. The average molecular weight is 335 g/mol. The van der Waals surface area contributed by atoms with Crippen LogP contribution in [-0.2, 0) is 10.0 Å². The van der Waals surface area contributed by atoms with Gasteiger partial charge >= 0.3 is 0 Å². The lowest BCUT2D eigenvalue weighted by Crippen LogP contribution is -2.35. The maximum absolute atomic E-state index is 14.3. The molecule has 1 aliphatic heterocycles. The molecule has 116 valence electrons. The first kappa shape index (κ1) is 16.2. The van der Waals surface area contributed by atoms with E-state index in [1.54, 1.807) is 0 Å². The lowest BCUT2D eigenvalue weighted by atomic mass is 10.1. The molecular formula is C13H16ClFN2O3S. The molecule has 2 N–H and O–H groups in total. The smallest absolute Gasteiger partial charge is 0.257 e. The van der Waals surface area contributed by atoms with Gasteiger partial charge in [-0.3, -0.25) is 4.79 Å². The zero-order chi connectivity index (χ0) is 15.9. The second-order valence-electron chi connectivity index (χ2n) is 5.46. The summed E-state index contributed by atoms with van der Waals surface area (Å²) in [6, 6.07) is 1.99. The number of sulfonamides is 1. The fourth-order valence-electron chi connectivity index (χ4n) is 2.66. The third-order valence-electron chi connectivity index (χ3n) is 3.59. The summed E-state index contributed by atoms with van der Waals surface area (Å²) in [5, 5.41) is 4.89. The fourth-order valence-corrected chi connectivity index (χ4v) is 3.60. The van der Waals surface area contributed by atoms with Crippen LogP contribution in [0.15, 0.2) is 17.0 Å². The Kier molecular flexibility index (Phi) is 4.28. The number of hydrogen-bond acceptors (Lipinski definition) is 3. The largest absolute Gasteiger partial charge is 0.336 e. The van der Waals surface area contributed by atoms with Crippen molar-refractivity contribution in [2.45, 2.75) is 31.2 Å². The maximum atomic E-state index is 14.3. The minimum Gasteiger partial charge on any atom is -0.336 e. The third kappa shape index (κ3) is 3.20. The molecule has 2 unspecified atom stereocenters. The number of nitrogens with zero attached hydrogens (tertiary/aromatic N) is 1. The molecule has 2 atom stereocenters. The highest BCUT2D eigenvalue weighted by Gasteiger charge is 2.33. The third-order valence-corrected chi connectivity index (χ3v) is 4.71. The molecule has 2 rings (SSSR count). The van der Waals surface area contributed by atoms with Crippen LogP contribution in [0.2, 0.25) is 5.02 Å². The van der Waals surface area contributed by atoms with E-state index in [0.717, 1.165) is 18.6 Å². The Bertz CT molecular complexity index is 693. The van der Waals surface area contributed by atoms with E-state index in [9.17, 15) is 17.6 Å². The molecule has 1 fully saturated rings. The van der Waals surface area contributed by atoms with Gasteiger partial charge in [0.15, 0.2) is 5.82 Å². The van der Waals surface area contributed by atoms with Crippen LogP contribution in [0.3, 0.4) is 0 Å². The van der Waals surface area contributed by atoms with E-state index in [0.29, 0.717) is 12.5 Å². The van der Waals surface area contributed by atoms with Crippen molar-refractivity contribution in [1.82, 2.24) is 4.90 Å². The number of rotatable bonds is 2. The molecule has 0 radical (unpaired) electrons. The fraction of sp³-hybridized carbons (Fsp3) is 0.462. The predicted molar refractivity (Wildman–Crippen MR) is 77.1 cm³/mol. The van der Waals surface area contributed by atoms with Gasteiger partial charge in [0.2, 0.25) is 10.0 Å². The summed E-state index contributed by atoms with van der Waals surface area (Å²) >= 11 is 5.79. The van der Waals surface area contributed by atoms with E-state index in [2.05, 4.69) is 0 Å². The molecule has 8 heteroatoms. The van der Waals surface area contributed by atoms with E-state index in [1.165, 1.54) is 4.90 Å². The van der Waals surface area contributed by atoms with Gasteiger partial charge in [-0.15, -0.1) is 0 Å². The molecule has 0 saturated carbocycles. The molecule has 0 spiro atoms. The van der Waals surface area contributed by atoms with E-state index < -0.39 is 26.6 Å². The molecule has 1 amide bonds. The summed E-state index contributed by atoms with van der Waals surface area (Å²) in [5.74, 6) is -1.42. The number of halogens is 2. The standard InChI is InChI=1S/C13H16ClFN2O3S/c1-7-3-8(2)17(6-7)13(18)10-4-9(14)5-11(12(10)15)21(16,19)20/h4-5,7-8H,3,6H2,1-2H3,(H2,16,19,20). The normalized spacial score (nSPS) is 22.6. The number of likely N-dealkylation sites (tertiary alicyclic amines) is 1. The van der Waals surface area contributed by atoms with Crippen molar-refractivity contribution >= 4 is 27.5 Å². The Morgan fingerprint density at radius 1 is 1.43 bits per heavy atom. The second-order valence-corrected chi connectivity index (χ2v) is 7.42. The van der Waals surface area contributed by atoms with Crippen LogP contribution in [0.4, 0.5) is 4.39 Å². The van der Waals surface area contributed by atoms with Crippen LogP contribution >= 0.6 is 11.6 Å². The van der Waals surface area contributed by atoms with Crippen LogP contribution in [-0.4, -0.2) is 31.8 Å². The van der Waals surface area contributed by atoms with Gasteiger partial charge in [0.05, 0.1) is 5.56 Å². The summed E-state index contributed by atoms with van der Waals surface area (Å²) in [6.07, 6.45) is 0.815. The summed E-state index contributed by atoms with van der Waals surface area (Å²) in [5.41, 5.74) is -0.368. The molecule has 0 bridgehead atoms. The Hall–Kier alpha value is -1.18. The molecule has 5 nitrogen and oxygen atoms in total. The second kappa shape index (κ2) is 5.55. The Morgan fingerprint density at radius 2 is 2.05 bits per heavy atom. The van der Waals surface area contributed by atoms with Gasteiger partial charge in [-0.1, -0.05) is 18.5 Å². The first-order valence-corrected chi connectivity index (χ1v) is 8.36. The van der Waals surface area contributed by atoms with Crippen molar-refractivity contribution in [2.24, 2.45) is 11.1 Å². The summed E-state index contributed by atoms with van der Waals surface area (Å²) < 4.78 is 37.1. The Labute approximate surface area is 127 Å². The molecule has 1 aliphatic rings. The van der Waals surface area contributed by atoms with E-state index in [-0.39, 0.29) is 16.6 Å². The summed E-state index contributed by atoms with van der Waals surface area (Å²) in [6.45, 7) is 4.36. The van der Waals surface area contributed by atoms with E-state index >= 15 is 0 Å². The van der Waals surface area contributed by atoms with Crippen LogP contribution in [0.1, 0.15) is 30.6 Å². The van der Waals surface area contributed by atoms with Gasteiger partial charge in [-0.2, -0.15) is 0 Å². The van der Waals surface area contributed by atoms with Gasteiger partial charge in [-0.05, 0) is 31.4 Å². The highest BCUT2D eigenvalue weighted by atomic mass is 35.5.